The number of hydrogen-bond acceptors (Lipinski definition) is 3. The molecule has 0 aromatic heterocycles. The Hall–Kier alpha value is -1.22. The van der Waals surface area contributed by atoms with E-state index >= 15 is 0 Å². The van der Waals surface area contributed by atoms with E-state index in [1.165, 1.54) is 6.42 Å². The van der Waals surface area contributed by atoms with Gasteiger partial charge in [0.25, 0.3) is 0 Å². The summed E-state index contributed by atoms with van der Waals surface area (Å²) < 4.78 is 0. The van der Waals surface area contributed by atoms with Crippen molar-refractivity contribution in [3.63, 3.8) is 0 Å². The maximum absolute atomic E-state index is 10.1. The standard InChI is InChI=1S/C15H24N2O/c1-10-7-12(10)9-17(4)13-5-6-14(11(2)16-3)15(18)8-13/h5-6,8,10-12,16,18H,7,9H2,1-4H3. The molecule has 1 aliphatic rings. The van der Waals surface area contributed by atoms with Gasteiger partial charge >= 0.3 is 0 Å². The molecule has 18 heavy (non-hydrogen) atoms. The number of anilines is 1. The van der Waals surface area contributed by atoms with Gasteiger partial charge in [-0.15, -0.1) is 0 Å². The smallest absolute Gasteiger partial charge is 0.122 e. The van der Waals surface area contributed by atoms with Crippen LogP contribution < -0.4 is 10.2 Å². The lowest BCUT2D eigenvalue weighted by Gasteiger charge is -2.21. The number of phenolic OH excluding ortho intramolecular Hbond substituents is 1. The van der Waals surface area contributed by atoms with Crippen LogP contribution in [0.5, 0.6) is 5.75 Å². The summed E-state index contributed by atoms with van der Waals surface area (Å²) in [5, 5.41) is 13.2. The molecule has 0 spiro atoms. The van der Waals surface area contributed by atoms with E-state index in [1.54, 1.807) is 0 Å². The number of nitrogens with zero attached hydrogens (tertiary/aromatic N) is 1. The van der Waals surface area contributed by atoms with Crippen LogP contribution in [0.25, 0.3) is 0 Å². The van der Waals surface area contributed by atoms with E-state index in [4.69, 9.17) is 0 Å². The molecule has 1 saturated carbocycles. The third kappa shape index (κ3) is 2.78. The number of phenols is 1. The second-order valence-electron chi connectivity index (χ2n) is 5.61. The number of hydrogen-bond donors (Lipinski definition) is 2. The van der Waals surface area contributed by atoms with Crippen molar-refractivity contribution < 1.29 is 5.11 Å². The molecule has 3 atom stereocenters. The first kappa shape index (κ1) is 13.2. The van der Waals surface area contributed by atoms with E-state index in [-0.39, 0.29) is 6.04 Å². The predicted octanol–water partition coefficient (Wildman–Crippen LogP) is 2.76. The number of rotatable bonds is 5. The van der Waals surface area contributed by atoms with E-state index in [9.17, 15) is 5.11 Å². The molecule has 0 bridgehead atoms. The summed E-state index contributed by atoms with van der Waals surface area (Å²) in [6, 6.07) is 6.15. The maximum atomic E-state index is 10.1. The fourth-order valence-corrected chi connectivity index (χ4v) is 2.40. The van der Waals surface area contributed by atoms with Gasteiger partial charge in [0, 0.05) is 37.0 Å². The second-order valence-corrected chi connectivity index (χ2v) is 5.61. The van der Waals surface area contributed by atoms with Crippen LogP contribution >= 0.6 is 0 Å². The Labute approximate surface area is 110 Å². The molecular formula is C15H24N2O. The molecule has 1 aliphatic carbocycles. The predicted molar refractivity (Wildman–Crippen MR) is 76.1 cm³/mol. The van der Waals surface area contributed by atoms with Gasteiger partial charge in [-0.05, 0) is 38.3 Å². The second kappa shape index (κ2) is 5.19. The summed E-state index contributed by atoms with van der Waals surface area (Å²) in [6.07, 6.45) is 1.34. The molecule has 100 valence electrons. The molecule has 2 rings (SSSR count). The Bertz CT molecular complexity index is 419. The van der Waals surface area contributed by atoms with Gasteiger partial charge in [0.1, 0.15) is 5.75 Å². The van der Waals surface area contributed by atoms with Crippen molar-refractivity contribution in [2.45, 2.75) is 26.3 Å². The zero-order chi connectivity index (χ0) is 13.3. The minimum atomic E-state index is 0.174. The zero-order valence-corrected chi connectivity index (χ0v) is 11.8. The summed E-state index contributed by atoms with van der Waals surface area (Å²) in [6.45, 7) is 5.43. The topological polar surface area (TPSA) is 35.5 Å². The van der Waals surface area contributed by atoms with E-state index in [2.05, 4.69) is 30.3 Å². The molecule has 0 heterocycles. The van der Waals surface area contributed by atoms with Crippen LogP contribution in [-0.2, 0) is 0 Å². The van der Waals surface area contributed by atoms with Crippen LogP contribution in [0.4, 0.5) is 5.69 Å². The first-order valence-corrected chi connectivity index (χ1v) is 6.74. The number of aromatic hydroxyl groups is 1. The molecule has 1 aromatic rings. The van der Waals surface area contributed by atoms with Crippen LogP contribution in [0.3, 0.4) is 0 Å². The summed E-state index contributed by atoms with van der Waals surface area (Å²) in [7, 11) is 4.00. The Kier molecular flexibility index (Phi) is 3.81. The molecule has 0 amide bonds. The molecule has 2 N–H and O–H groups in total. The molecule has 1 fully saturated rings. The van der Waals surface area contributed by atoms with Gasteiger partial charge in [-0.1, -0.05) is 13.0 Å². The number of nitrogens with one attached hydrogen (secondary N) is 1. The largest absolute Gasteiger partial charge is 0.508 e. The summed E-state index contributed by atoms with van der Waals surface area (Å²) in [5.74, 6) is 2.07. The summed E-state index contributed by atoms with van der Waals surface area (Å²) >= 11 is 0. The van der Waals surface area contributed by atoms with Gasteiger partial charge in [0.15, 0.2) is 0 Å². The molecule has 3 unspecified atom stereocenters. The zero-order valence-electron chi connectivity index (χ0n) is 11.8. The summed E-state index contributed by atoms with van der Waals surface area (Å²) in [4.78, 5) is 2.24. The van der Waals surface area contributed by atoms with Gasteiger partial charge in [-0.3, -0.25) is 0 Å². The van der Waals surface area contributed by atoms with Gasteiger partial charge < -0.3 is 15.3 Å². The van der Waals surface area contributed by atoms with Crippen LogP contribution in [0.2, 0.25) is 0 Å². The molecule has 0 saturated heterocycles. The molecule has 3 heteroatoms. The molecule has 3 nitrogen and oxygen atoms in total. The number of benzene rings is 1. The Balaban J connectivity index is 2.07. The van der Waals surface area contributed by atoms with E-state index in [0.717, 1.165) is 29.6 Å². The molecule has 0 radical (unpaired) electrons. The van der Waals surface area contributed by atoms with Crippen LogP contribution in [0.15, 0.2) is 18.2 Å². The van der Waals surface area contributed by atoms with E-state index < -0.39 is 0 Å². The third-order valence-electron chi connectivity index (χ3n) is 4.14. The fraction of sp³-hybridized carbons (Fsp3) is 0.600. The SMILES string of the molecule is CNC(C)c1ccc(N(C)CC2CC2C)cc1O. The van der Waals surface area contributed by atoms with E-state index in [1.807, 2.05) is 26.1 Å². The average molecular weight is 248 g/mol. The lowest BCUT2D eigenvalue weighted by Crippen LogP contribution is -2.20. The van der Waals surface area contributed by atoms with Crippen molar-refractivity contribution in [2.75, 3.05) is 25.5 Å². The van der Waals surface area contributed by atoms with Gasteiger partial charge in [-0.2, -0.15) is 0 Å². The van der Waals surface area contributed by atoms with Crippen molar-refractivity contribution in [3.05, 3.63) is 23.8 Å². The highest BCUT2D eigenvalue weighted by molar-refractivity contribution is 5.53. The Morgan fingerprint density at radius 3 is 2.67 bits per heavy atom. The third-order valence-corrected chi connectivity index (χ3v) is 4.14. The van der Waals surface area contributed by atoms with Crippen molar-refractivity contribution in [3.8, 4) is 5.75 Å². The van der Waals surface area contributed by atoms with Crippen LogP contribution in [0.1, 0.15) is 31.9 Å². The minimum Gasteiger partial charge on any atom is -0.508 e. The highest BCUT2D eigenvalue weighted by Gasteiger charge is 2.33. The maximum Gasteiger partial charge on any atom is 0.122 e. The fourth-order valence-electron chi connectivity index (χ4n) is 2.40. The monoisotopic (exact) mass is 248 g/mol. The first-order valence-electron chi connectivity index (χ1n) is 6.74. The first-order chi connectivity index (χ1) is 8.52. The molecular weight excluding hydrogens is 224 g/mol. The van der Waals surface area contributed by atoms with Crippen molar-refractivity contribution >= 4 is 5.69 Å². The van der Waals surface area contributed by atoms with Crippen LogP contribution in [-0.4, -0.2) is 25.7 Å². The van der Waals surface area contributed by atoms with Crippen LogP contribution in [0, 0.1) is 11.8 Å². The lowest BCUT2D eigenvalue weighted by molar-refractivity contribution is 0.458. The Morgan fingerprint density at radius 2 is 2.17 bits per heavy atom. The van der Waals surface area contributed by atoms with Crippen molar-refractivity contribution in [1.29, 1.82) is 0 Å². The van der Waals surface area contributed by atoms with Crippen molar-refractivity contribution in [1.82, 2.24) is 5.32 Å². The highest BCUT2D eigenvalue weighted by Crippen LogP contribution is 2.39. The van der Waals surface area contributed by atoms with E-state index in [0.29, 0.717) is 5.75 Å². The van der Waals surface area contributed by atoms with Gasteiger partial charge in [0.2, 0.25) is 0 Å². The summed E-state index contributed by atoms with van der Waals surface area (Å²) in [5.41, 5.74) is 2.05. The van der Waals surface area contributed by atoms with Gasteiger partial charge in [-0.25, -0.2) is 0 Å². The van der Waals surface area contributed by atoms with Gasteiger partial charge in [0.05, 0.1) is 0 Å². The van der Waals surface area contributed by atoms with Crippen molar-refractivity contribution in [2.24, 2.45) is 11.8 Å². The normalized spacial score (nSPS) is 23.8. The Morgan fingerprint density at radius 1 is 1.50 bits per heavy atom. The minimum absolute atomic E-state index is 0.174. The average Bonchev–Trinajstić information content (AvgIpc) is 3.03. The molecule has 0 aliphatic heterocycles. The molecule has 1 aromatic carbocycles. The lowest BCUT2D eigenvalue weighted by atomic mass is 10.1. The highest BCUT2D eigenvalue weighted by atomic mass is 16.3. The quantitative estimate of drug-likeness (QED) is 0.841.